The van der Waals surface area contributed by atoms with Gasteiger partial charge in [0.05, 0.1) is 25.9 Å². The zero-order chi connectivity index (χ0) is 20.4. The van der Waals surface area contributed by atoms with E-state index in [4.69, 9.17) is 14.5 Å². The van der Waals surface area contributed by atoms with Gasteiger partial charge in [-0.1, -0.05) is 30.7 Å². The molecular weight excluding hydrogens is 503 g/mol. The number of aliphatic imine (C=N–C) groups is 1. The molecule has 2 aliphatic heterocycles. The van der Waals surface area contributed by atoms with Crippen molar-refractivity contribution in [2.75, 3.05) is 39.5 Å². The van der Waals surface area contributed by atoms with Crippen LogP contribution in [0.5, 0.6) is 0 Å². The minimum atomic E-state index is 0. The number of hydrogen-bond acceptors (Lipinski definition) is 4. The van der Waals surface area contributed by atoms with Gasteiger partial charge in [0.15, 0.2) is 5.96 Å². The van der Waals surface area contributed by atoms with Crippen LogP contribution in [0.4, 0.5) is 0 Å². The number of nitrogens with zero attached hydrogens (tertiary/aromatic N) is 2. The number of guanidine groups is 1. The van der Waals surface area contributed by atoms with Crippen LogP contribution in [0, 0.1) is 11.3 Å². The molecule has 3 unspecified atom stereocenters. The Hall–Kier alpha value is -0.900. The minimum Gasteiger partial charge on any atom is -0.379 e. The van der Waals surface area contributed by atoms with Crippen molar-refractivity contribution in [3.05, 3.63) is 35.4 Å². The maximum atomic E-state index is 6.08. The van der Waals surface area contributed by atoms with Crippen LogP contribution in [-0.2, 0) is 22.6 Å². The van der Waals surface area contributed by atoms with Crippen molar-refractivity contribution in [1.29, 1.82) is 0 Å². The van der Waals surface area contributed by atoms with Gasteiger partial charge in [0.1, 0.15) is 0 Å². The largest absolute Gasteiger partial charge is 0.379 e. The molecule has 0 amide bonds. The number of morpholine rings is 1. The van der Waals surface area contributed by atoms with E-state index in [0.29, 0.717) is 30.0 Å². The second-order valence-corrected chi connectivity index (χ2v) is 9.31. The molecule has 0 aromatic heterocycles. The summed E-state index contributed by atoms with van der Waals surface area (Å²) < 4.78 is 11.6. The van der Waals surface area contributed by atoms with Crippen molar-refractivity contribution in [3.63, 3.8) is 0 Å². The van der Waals surface area contributed by atoms with Crippen LogP contribution in [0.15, 0.2) is 29.3 Å². The second kappa shape index (κ2) is 10.4. The van der Waals surface area contributed by atoms with E-state index >= 15 is 0 Å². The number of benzene rings is 1. The minimum absolute atomic E-state index is 0. The molecule has 0 bridgehead atoms. The molecule has 0 radical (unpaired) electrons. The Kier molecular flexibility index (Phi) is 7.77. The lowest BCUT2D eigenvalue weighted by atomic mass is 9.46. The van der Waals surface area contributed by atoms with Crippen LogP contribution in [-0.4, -0.2) is 62.5 Å². The molecule has 2 heterocycles. The Labute approximate surface area is 203 Å². The van der Waals surface area contributed by atoms with Crippen molar-refractivity contribution < 1.29 is 9.47 Å². The summed E-state index contributed by atoms with van der Waals surface area (Å²) in [6.45, 7) is 9.33. The van der Waals surface area contributed by atoms with Crippen molar-refractivity contribution in [2.45, 2.75) is 57.8 Å². The summed E-state index contributed by atoms with van der Waals surface area (Å²) in [6, 6.07) is 9.25. The van der Waals surface area contributed by atoms with E-state index in [9.17, 15) is 0 Å². The van der Waals surface area contributed by atoms with E-state index in [0.717, 1.165) is 52.0 Å². The van der Waals surface area contributed by atoms with E-state index in [2.05, 4.69) is 46.7 Å². The quantitative estimate of drug-likeness (QED) is 0.330. The first kappa shape index (κ1) is 23.3. The molecule has 6 nitrogen and oxygen atoms in total. The van der Waals surface area contributed by atoms with Crippen molar-refractivity contribution >= 4 is 29.9 Å². The number of fused-ring (bicyclic) bond motifs is 2. The second-order valence-electron chi connectivity index (χ2n) is 9.31. The molecule has 2 saturated carbocycles. The molecule has 3 atom stereocenters. The van der Waals surface area contributed by atoms with Crippen molar-refractivity contribution in [1.82, 2.24) is 15.5 Å². The maximum Gasteiger partial charge on any atom is 0.191 e. The topological polar surface area (TPSA) is 58.1 Å². The molecule has 2 N–H and O–H groups in total. The SMILES string of the molecule is CCNC(=NCc1ccccc1CN1CCOCC1)NC1C2CCOC2C12CCC2.I. The van der Waals surface area contributed by atoms with Gasteiger partial charge in [-0.3, -0.25) is 4.90 Å². The van der Waals surface area contributed by atoms with Gasteiger partial charge in [-0.05, 0) is 37.3 Å². The molecule has 172 valence electrons. The zero-order valence-corrected chi connectivity index (χ0v) is 21.0. The molecule has 7 heteroatoms. The highest BCUT2D eigenvalue weighted by atomic mass is 127. The highest BCUT2D eigenvalue weighted by Gasteiger charge is 2.66. The first-order valence-electron chi connectivity index (χ1n) is 11.8. The Morgan fingerprint density at radius 3 is 2.65 bits per heavy atom. The van der Waals surface area contributed by atoms with E-state index in [1.54, 1.807) is 0 Å². The first-order valence-corrected chi connectivity index (χ1v) is 11.8. The summed E-state index contributed by atoms with van der Waals surface area (Å²) in [5, 5.41) is 7.31. The summed E-state index contributed by atoms with van der Waals surface area (Å²) in [4.78, 5) is 7.48. The molecule has 5 rings (SSSR count). The van der Waals surface area contributed by atoms with Gasteiger partial charge in [-0.2, -0.15) is 0 Å². The fraction of sp³-hybridized carbons (Fsp3) is 0.708. The first-order chi connectivity index (χ1) is 14.8. The number of nitrogens with one attached hydrogen (secondary N) is 2. The molecule has 2 saturated heterocycles. The lowest BCUT2D eigenvalue weighted by molar-refractivity contribution is -0.171. The molecule has 4 aliphatic rings. The van der Waals surface area contributed by atoms with Gasteiger partial charge < -0.3 is 20.1 Å². The predicted octanol–water partition coefficient (Wildman–Crippen LogP) is 3.15. The highest BCUT2D eigenvalue weighted by Crippen LogP contribution is 2.62. The predicted molar refractivity (Wildman–Crippen MR) is 134 cm³/mol. The third kappa shape index (κ3) is 4.61. The fourth-order valence-electron chi connectivity index (χ4n) is 5.95. The van der Waals surface area contributed by atoms with Gasteiger partial charge in [0, 0.05) is 50.2 Å². The van der Waals surface area contributed by atoms with Gasteiger partial charge >= 0.3 is 0 Å². The Morgan fingerprint density at radius 1 is 1.16 bits per heavy atom. The van der Waals surface area contributed by atoms with Gasteiger partial charge in [-0.15, -0.1) is 24.0 Å². The average molecular weight is 540 g/mol. The summed E-state index contributed by atoms with van der Waals surface area (Å²) in [6.07, 6.45) is 5.61. The monoisotopic (exact) mass is 540 g/mol. The summed E-state index contributed by atoms with van der Waals surface area (Å²) in [7, 11) is 0. The third-order valence-corrected chi connectivity index (χ3v) is 7.70. The third-order valence-electron chi connectivity index (χ3n) is 7.70. The molecule has 1 aromatic rings. The van der Waals surface area contributed by atoms with Crippen molar-refractivity contribution in [3.8, 4) is 0 Å². The van der Waals surface area contributed by atoms with Crippen LogP contribution in [0.3, 0.4) is 0 Å². The van der Waals surface area contributed by atoms with E-state index in [1.807, 2.05) is 0 Å². The molecular formula is C24H37IN4O2. The van der Waals surface area contributed by atoms with E-state index < -0.39 is 0 Å². The Morgan fingerprint density at radius 2 is 1.94 bits per heavy atom. The molecule has 2 aliphatic carbocycles. The van der Waals surface area contributed by atoms with Gasteiger partial charge in [0.25, 0.3) is 0 Å². The average Bonchev–Trinajstić information content (AvgIpc) is 3.15. The summed E-state index contributed by atoms with van der Waals surface area (Å²) in [5.74, 6) is 1.61. The maximum absolute atomic E-state index is 6.08. The fourth-order valence-corrected chi connectivity index (χ4v) is 5.95. The normalized spacial score (nSPS) is 29.5. The standard InChI is InChI=1S/C24H36N4O2.HI/c1-2-25-23(27-21-20-8-13-30-22(20)24(21)9-5-10-24)26-16-18-6-3-4-7-19(18)17-28-11-14-29-15-12-28;/h3-4,6-7,20-22H,2,5,8-17H2,1H3,(H2,25,26,27);1H. The number of rotatable bonds is 6. The molecule has 4 fully saturated rings. The Bertz CT molecular complexity index is 764. The van der Waals surface area contributed by atoms with E-state index in [1.165, 1.54) is 36.8 Å². The van der Waals surface area contributed by atoms with Gasteiger partial charge in [0.2, 0.25) is 0 Å². The summed E-state index contributed by atoms with van der Waals surface area (Å²) in [5.41, 5.74) is 3.06. The Balaban J connectivity index is 0.00000231. The smallest absolute Gasteiger partial charge is 0.191 e. The van der Waals surface area contributed by atoms with Crippen molar-refractivity contribution in [2.24, 2.45) is 16.3 Å². The lowest BCUT2D eigenvalue weighted by Gasteiger charge is -2.63. The number of halogens is 1. The van der Waals surface area contributed by atoms with E-state index in [-0.39, 0.29) is 24.0 Å². The van der Waals surface area contributed by atoms with Crippen LogP contribution in [0.25, 0.3) is 0 Å². The number of ether oxygens (including phenoxy) is 2. The zero-order valence-electron chi connectivity index (χ0n) is 18.6. The summed E-state index contributed by atoms with van der Waals surface area (Å²) >= 11 is 0. The van der Waals surface area contributed by atoms with Crippen LogP contribution >= 0.6 is 24.0 Å². The van der Waals surface area contributed by atoms with Crippen LogP contribution in [0.1, 0.15) is 43.7 Å². The highest BCUT2D eigenvalue weighted by molar-refractivity contribution is 14.0. The molecule has 1 aromatic carbocycles. The number of hydrogen-bond donors (Lipinski definition) is 2. The van der Waals surface area contributed by atoms with Crippen LogP contribution in [0.2, 0.25) is 0 Å². The van der Waals surface area contributed by atoms with Crippen LogP contribution < -0.4 is 10.6 Å². The van der Waals surface area contributed by atoms with Gasteiger partial charge in [-0.25, -0.2) is 4.99 Å². The molecule has 1 spiro atoms. The lowest BCUT2D eigenvalue weighted by Crippen LogP contribution is -2.72. The molecule has 31 heavy (non-hydrogen) atoms.